The molecule has 20 heavy (non-hydrogen) atoms. The third-order valence-electron chi connectivity index (χ3n) is 2.64. The Morgan fingerprint density at radius 1 is 1.00 bits per heavy atom. The average Bonchev–Trinajstić information content (AvgIpc) is 2.45. The number of benzene rings is 2. The molecule has 2 aromatic carbocycles. The summed E-state index contributed by atoms with van der Waals surface area (Å²) in [5.41, 5.74) is 0.558. The van der Waals surface area contributed by atoms with Gasteiger partial charge in [-0.05, 0) is 0 Å². The fourth-order valence-electron chi connectivity index (χ4n) is 1.59. The van der Waals surface area contributed by atoms with Gasteiger partial charge in [-0.3, -0.25) is 0 Å². The summed E-state index contributed by atoms with van der Waals surface area (Å²) in [6.45, 7) is -0.121. The van der Waals surface area contributed by atoms with Crippen LogP contribution < -0.4 is 9.09 Å². The van der Waals surface area contributed by atoms with Gasteiger partial charge in [0, 0.05) is 0 Å². The maximum absolute atomic E-state index is 11.8. The van der Waals surface area contributed by atoms with Gasteiger partial charge >= 0.3 is 118 Å². The van der Waals surface area contributed by atoms with Gasteiger partial charge in [-0.2, -0.15) is 0 Å². The van der Waals surface area contributed by atoms with Crippen molar-refractivity contribution in [3.05, 3.63) is 60.2 Å². The zero-order valence-electron chi connectivity index (χ0n) is 10.5. The van der Waals surface area contributed by atoms with Crippen molar-refractivity contribution in [2.24, 2.45) is 0 Å². The number of carbonyl (C=O) groups is 1. The number of ketones is 1. The van der Waals surface area contributed by atoms with Crippen LogP contribution in [0.15, 0.2) is 54.6 Å². The van der Waals surface area contributed by atoms with Crippen LogP contribution in [0.5, 0.6) is 5.75 Å². The molecule has 0 radical (unpaired) electrons. The van der Waals surface area contributed by atoms with Crippen molar-refractivity contribution < 1.29 is 21.5 Å². The van der Waals surface area contributed by atoms with E-state index in [0.717, 1.165) is 0 Å². The molecule has 0 unspecified atom stereocenters. The van der Waals surface area contributed by atoms with Gasteiger partial charge in [0.1, 0.15) is 0 Å². The minimum absolute atomic E-state index is 0.0233. The summed E-state index contributed by atoms with van der Waals surface area (Å²) in [7, 11) is 0. The molecule has 0 heterocycles. The van der Waals surface area contributed by atoms with Crippen molar-refractivity contribution in [2.45, 2.75) is 0 Å². The number of ether oxygens (including phenoxy) is 1. The van der Waals surface area contributed by atoms with Gasteiger partial charge in [0.2, 0.25) is 0 Å². The summed E-state index contributed by atoms with van der Waals surface area (Å²) in [6.07, 6.45) is 0. The van der Waals surface area contributed by atoms with E-state index in [9.17, 15) is 8.53 Å². The van der Waals surface area contributed by atoms with E-state index in [1.165, 1.54) is 24.3 Å². The Balaban J connectivity index is 1.98. The predicted octanol–water partition coefficient (Wildman–Crippen LogP) is 0.509. The first kappa shape index (κ1) is 14.6. The van der Waals surface area contributed by atoms with Crippen molar-refractivity contribution in [2.75, 3.05) is 6.61 Å². The van der Waals surface area contributed by atoms with Crippen molar-refractivity contribution in [1.82, 2.24) is 0 Å². The number of rotatable bonds is 5. The summed E-state index contributed by atoms with van der Waals surface area (Å²) in [4.78, 5) is 11.8. The van der Waals surface area contributed by atoms with E-state index in [-0.39, 0.29) is 16.7 Å². The van der Waals surface area contributed by atoms with E-state index in [1.807, 2.05) is 6.07 Å². The van der Waals surface area contributed by atoms with Crippen molar-refractivity contribution in [3.8, 4) is 5.75 Å². The molecule has 2 N–H and O–H groups in total. The Labute approximate surface area is 118 Å². The molecule has 0 aliphatic carbocycles. The normalized spacial score (nSPS) is 11.1. The van der Waals surface area contributed by atoms with Crippen molar-refractivity contribution >= 4 is 24.3 Å². The first-order valence-corrected chi connectivity index (χ1v) is 9.22. The zero-order valence-corrected chi connectivity index (χ0v) is 12.3. The fraction of sp³-hybridized carbons (Fsp3) is 0.0714. The van der Waals surface area contributed by atoms with Crippen LogP contribution >= 0.6 is 0 Å². The van der Waals surface area contributed by atoms with Gasteiger partial charge in [-0.1, -0.05) is 0 Å². The summed E-state index contributed by atoms with van der Waals surface area (Å²) in [6, 6.07) is 14.2. The Kier molecular flexibility index (Phi) is 4.45. The Hall–Kier alpha value is -1.81. The molecule has 0 bridgehead atoms. The fourth-order valence-corrected chi connectivity index (χ4v) is 2.72. The zero-order chi connectivity index (χ0) is 14.6. The van der Waals surface area contributed by atoms with Gasteiger partial charge in [-0.15, -0.1) is 0 Å². The van der Waals surface area contributed by atoms with Gasteiger partial charge in [-0.25, -0.2) is 0 Å². The SMILES string of the molecule is O=C(COc1ccc([As](=O)(O)O)cc1)c1ccccc1. The van der Waals surface area contributed by atoms with Gasteiger partial charge in [0.15, 0.2) is 0 Å². The molecule has 0 aliphatic heterocycles. The van der Waals surface area contributed by atoms with E-state index in [4.69, 9.17) is 12.9 Å². The number of hydrogen-bond acceptors (Lipinski definition) is 3. The second-order valence-electron chi connectivity index (χ2n) is 4.12. The molecule has 0 saturated heterocycles. The Bertz CT molecular complexity index is 630. The quantitative estimate of drug-likeness (QED) is 0.614. The van der Waals surface area contributed by atoms with Crippen LogP contribution in [0, 0.1) is 0 Å². The van der Waals surface area contributed by atoms with Crippen LogP contribution in [0.1, 0.15) is 10.4 Å². The second-order valence-corrected chi connectivity index (χ2v) is 7.48. The van der Waals surface area contributed by atoms with E-state index < -0.39 is 14.2 Å². The molecule has 0 aromatic heterocycles. The molecule has 0 fully saturated rings. The van der Waals surface area contributed by atoms with Crippen molar-refractivity contribution in [3.63, 3.8) is 0 Å². The summed E-state index contributed by atoms with van der Waals surface area (Å²) in [5.74, 6) is 0.232. The molecule has 5 nitrogen and oxygen atoms in total. The predicted molar refractivity (Wildman–Crippen MR) is 73.2 cm³/mol. The molecule has 0 saturated carbocycles. The molecule has 0 spiro atoms. The average molecular weight is 336 g/mol. The second kappa shape index (κ2) is 6.09. The van der Waals surface area contributed by atoms with Crippen LogP contribution in [0.3, 0.4) is 0 Å². The van der Waals surface area contributed by atoms with Crippen LogP contribution in [0.4, 0.5) is 0 Å². The summed E-state index contributed by atoms with van der Waals surface area (Å²) in [5, 5.41) is 0. The van der Waals surface area contributed by atoms with Crippen molar-refractivity contribution in [1.29, 1.82) is 0 Å². The van der Waals surface area contributed by atoms with Gasteiger partial charge in [0.25, 0.3) is 0 Å². The van der Waals surface area contributed by atoms with Crippen LogP contribution in [-0.4, -0.2) is 34.8 Å². The molecular weight excluding hydrogens is 323 g/mol. The molecule has 2 rings (SSSR count). The van der Waals surface area contributed by atoms with E-state index in [2.05, 4.69) is 0 Å². The summed E-state index contributed by atoms with van der Waals surface area (Å²) < 4.78 is 34.4. The molecular formula is C14H13AsO5. The van der Waals surface area contributed by atoms with Crippen LogP contribution in [0.2, 0.25) is 0 Å². The molecule has 104 valence electrons. The van der Waals surface area contributed by atoms with E-state index in [0.29, 0.717) is 11.3 Å². The third-order valence-corrected chi connectivity index (χ3v) is 4.68. The molecule has 6 heteroatoms. The Morgan fingerprint density at radius 3 is 2.15 bits per heavy atom. The monoisotopic (exact) mass is 336 g/mol. The third kappa shape index (κ3) is 3.84. The maximum atomic E-state index is 11.8. The number of Topliss-reactive ketones (excluding diaryl/α,β-unsaturated/α-hetero) is 1. The topological polar surface area (TPSA) is 83.8 Å². The molecule has 0 amide bonds. The van der Waals surface area contributed by atoms with E-state index >= 15 is 0 Å². The summed E-state index contributed by atoms with van der Waals surface area (Å²) >= 11 is -4.86. The van der Waals surface area contributed by atoms with Gasteiger partial charge in [0.05, 0.1) is 0 Å². The number of carbonyl (C=O) groups excluding carboxylic acids is 1. The molecule has 0 atom stereocenters. The van der Waals surface area contributed by atoms with E-state index in [1.54, 1.807) is 24.3 Å². The molecule has 2 aromatic rings. The first-order valence-electron chi connectivity index (χ1n) is 5.84. The minimum atomic E-state index is -4.86. The first-order chi connectivity index (χ1) is 9.47. The standard InChI is InChI=1S/C14H13AsO5/c16-14(11-4-2-1-3-5-11)10-20-13-8-6-12(7-9-13)15(17,18)19/h1-9H,10H2,(H2,17,18,19). The Morgan fingerprint density at radius 2 is 1.60 bits per heavy atom. The van der Waals surface area contributed by atoms with Crippen LogP contribution in [-0.2, 0) is 3.74 Å². The van der Waals surface area contributed by atoms with Gasteiger partial charge < -0.3 is 0 Å². The van der Waals surface area contributed by atoms with Crippen LogP contribution in [0.25, 0.3) is 0 Å². The molecule has 0 aliphatic rings. The number of hydrogen-bond donors (Lipinski definition) is 2.